The number of aryl methyl sites for hydroxylation is 2. The molecule has 2 aromatic carbocycles. The summed E-state index contributed by atoms with van der Waals surface area (Å²) in [5.74, 6) is 0.399. The molecule has 3 aromatic rings. The highest BCUT2D eigenvalue weighted by atomic mass is 16.5. The van der Waals surface area contributed by atoms with E-state index in [4.69, 9.17) is 18.7 Å². The quantitative estimate of drug-likeness (QED) is 0.517. The lowest BCUT2D eigenvalue weighted by Gasteiger charge is -2.12. The lowest BCUT2D eigenvalue weighted by molar-refractivity contribution is -0.119. The van der Waals surface area contributed by atoms with Gasteiger partial charge in [-0.15, -0.1) is 0 Å². The summed E-state index contributed by atoms with van der Waals surface area (Å²) in [4.78, 5) is 24.8. The number of benzene rings is 2. The van der Waals surface area contributed by atoms with Crippen molar-refractivity contribution in [3.63, 3.8) is 0 Å². The Bertz CT molecular complexity index is 1040. The number of carbonyl (C=O) groups excluding carboxylic acids is 2. The predicted octanol–water partition coefficient (Wildman–Crippen LogP) is 4.06. The molecule has 0 aliphatic heterocycles. The van der Waals surface area contributed by atoms with E-state index in [0.29, 0.717) is 29.6 Å². The molecule has 0 saturated carbocycles. The van der Waals surface area contributed by atoms with Gasteiger partial charge in [-0.1, -0.05) is 29.4 Å². The summed E-state index contributed by atoms with van der Waals surface area (Å²) in [5, 5.41) is 6.57. The van der Waals surface area contributed by atoms with Crippen LogP contribution in [0.15, 0.2) is 53.1 Å². The Morgan fingerprint density at radius 3 is 2.42 bits per heavy atom. The molecule has 1 N–H and O–H groups in total. The Kier molecular flexibility index (Phi) is 7.26. The second-order valence-electron chi connectivity index (χ2n) is 6.64. The van der Waals surface area contributed by atoms with Crippen molar-refractivity contribution in [1.29, 1.82) is 0 Å². The van der Waals surface area contributed by atoms with E-state index in [9.17, 15) is 9.59 Å². The van der Waals surface area contributed by atoms with Gasteiger partial charge >= 0.3 is 5.97 Å². The summed E-state index contributed by atoms with van der Waals surface area (Å²) in [6.45, 7) is 5.68. The minimum Gasteiger partial charge on any atom is -0.492 e. The zero-order valence-electron chi connectivity index (χ0n) is 17.6. The number of nitrogens with zero attached hydrogens (tertiary/aromatic N) is 1. The van der Waals surface area contributed by atoms with E-state index in [1.165, 1.54) is 0 Å². The molecule has 8 nitrogen and oxygen atoms in total. The van der Waals surface area contributed by atoms with Crippen molar-refractivity contribution >= 4 is 17.6 Å². The summed E-state index contributed by atoms with van der Waals surface area (Å²) in [6, 6.07) is 13.7. The van der Waals surface area contributed by atoms with Crippen LogP contribution >= 0.6 is 0 Å². The fourth-order valence-electron chi connectivity index (χ4n) is 2.87. The highest BCUT2D eigenvalue weighted by Crippen LogP contribution is 2.24. The second-order valence-corrected chi connectivity index (χ2v) is 6.64. The Morgan fingerprint density at radius 1 is 1.00 bits per heavy atom. The van der Waals surface area contributed by atoms with Crippen LogP contribution in [0.3, 0.4) is 0 Å². The molecule has 0 bridgehead atoms. The monoisotopic (exact) mass is 424 g/mol. The third kappa shape index (κ3) is 5.63. The van der Waals surface area contributed by atoms with Crippen LogP contribution in [-0.4, -0.2) is 30.2 Å². The van der Waals surface area contributed by atoms with Crippen molar-refractivity contribution in [2.45, 2.75) is 27.4 Å². The van der Waals surface area contributed by atoms with E-state index in [1.54, 1.807) is 55.5 Å². The van der Waals surface area contributed by atoms with Gasteiger partial charge in [-0.05, 0) is 45.0 Å². The average molecular weight is 424 g/mol. The first kappa shape index (κ1) is 21.9. The summed E-state index contributed by atoms with van der Waals surface area (Å²) < 4.78 is 21.6. The maximum atomic E-state index is 12.5. The number of rotatable bonds is 9. The molecule has 1 heterocycles. The van der Waals surface area contributed by atoms with Crippen molar-refractivity contribution in [3.05, 3.63) is 71.1 Å². The largest absolute Gasteiger partial charge is 0.492 e. The van der Waals surface area contributed by atoms with Gasteiger partial charge in [0.25, 0.3) is 5.91 Å². The number of hydrogen-bond acceptors (Lipinski definition) is 7. The minimum atomic E-state index is -0.664. The Balaban J connectivity index is 1.60. The minimum absolute atomic E-state index is 0.195. The Hall–Kier alpha value is -3.81. The van der Waals surface area contributed by atoms with Gasteiger partial charge in [-0.2, -0.15) is 0 Å². The first-order valence-corrected chi connectivity index (χ1v) is 9.82. The number of para-hydroxylation sites is 3. The maximum Gasteiger partial charge on any atom is 0.342 e. The van der Waals surface area contributed by atoms with E-state index in [-0.39, 0.29) is 12.2 Å². The molecule has 8 heteroatoms. The number of esters is 1. The molecule has 1 amide bonds. The number of aromatic nitrogens is 1. The van der Waals surface area contributed by atoms with E-state index in [0.717, 1.165) is 11.3 Å². The van der Waals surface area contributed by atoms with Crippen molar-refractivity contribution in [1.82, 2.24) is 5.16 Å². The standard InChI is InChI=1S/C23H24N2O6/c1-4-28-21-12-8-6-10-19(21)24-22(26)14-30-23(27)17-9-5-7-11-20(17)29-13-18-15(2)25-31-16(18)3/h5-12H,4,13-14H2,1-3H3,(H,24,26). The molecule has 0 aliphatic carbocycles. The number of carbonyl (C=O) groups is 2. The van der Waals surface area contributed by atoms with Crippen molar-refractivity contribution < 1.29 is 28.3 Å². The topological polar surface area (TPSA) is 99.9 Å². The number of amides is 1. The van der Waals surface area contributed by atoms with Crippen LogP contribution in [0.5, 0.6) is 11.5 Å². The molecule has 0 atom stereocenters. The van der Waals surface area contributed by atoms with Crippen LogP contribution in [0.4, 0.5) is 5.69 Å². The molecule has 0 aliphatic rings. The van der Waals surface area contributed by atoms with E-state index in [2.05, 4.69) is 10.5 Å². The lowest BCUT2D eigenvalue weighted by Crippen LogP contribution is -2.21. The van der Waals surface area contributed by atoms with Gasteiger partial charge in [0.2, 0.25) is 0 Å². The first-order chi connectivity index (χ1) is 15.0. The fraction of sp³-hybridized carbons (Fsp3) is 0.261. The normalized spacial score (nSPS) is 10.4. The molecule has 0 fully saturated rings. The van der Waals surface area contributed by atoms with Gasteiger partial charge in [0.15, 0.2) is 6.61 Å². The lowest BCUT2D eigenvalue weighted by atomic mass is 10.2. The molecule has 31 heavy (non-hydrogen) atoms. The fourth-order valence-corrected chi connectivity index (χ4v) is 2.87. The molecule has 1 aromatic heterocycles. The number of hydrogen-bond donors (Lipinski definition) is 1. The van der Waals surface area contributed by atoms with Gasteiger partial charge in [0, 0.05) is 0 Å². The van der Waals surface area contributed by atoms with Crippen molar-refractivity contribution in [3.8, 4) is 11.5 Å². The number of ether oxygens (including phenoxy) is 3. The number of anilines is 1. The zero-order chi connectivity index (χ0) is 22.2. The summed E-state index contributed by atoms with van der Waals surface area (Å²) >= 11 is 0. The molecular weight excluding hydrogens is 400 g/mol. The second kappa shape index (κ2) is 10.3. The van der Waals surface area contributed by atoms with E-state index < -0.39 is 18.5 Å². The van der Waals surface area contributed by atoms with Crippen LogP contribution < -0.4 is 14.8 Å². The van der Waals surface area contributed by atoms with Gasteiger partial charge in [0.1, 0.15) is 29.4 Å². The number of nitrogens with one attached hydrogen (secondary N) is 1. The Morgan fingerprint density at radius 2 is 1.71 bits per heavy atom. The molecular formula is C23H24N2O6. The van der Waals surface area contributed by atoms with Crippen LogP contribution in [0, 0.1) is 13.8 Å². The maximum absolute atomic E-state index is 12.5. The van der Waals surface area contributed by atoms with Crippen LogP contribution in [0.25, 0.3) is 0 Å². The smallest absolute Gasteiger partial charge is 0.342 e. The Labute approximate surface area is 180 Å². The van der Waals surface area contributed by atoms with Crippen molar-refractivity contribution in [2.75, 3.05) is 18.5 Å². The van der Waals surface area contributed by atoms with Crippen LogP contribution in [0.2, 0.25) is 0 Å². The first-order valence-electron chi connectivity index (χ1n) is 9.82. The molecule has 0 unspecified atom stereocenters. The SMILES string of the molecule is CCOc1ccccc1NC(=O)COC(=O)c1ccccc1OCc1c(C)noc1C. The molecule has 0 radical (unpaired) electrons. The molecule has 0 saturated heterocycles. The van der Waals surface area contributed by atoms with Gasteiger partial charge in [-0.3, -0.25) is 4.79 Å². The zero-order valence-corrected chi connectivity index (χ0v) is 17.6. The van der Waals surface area contributed by atoms with Gasteiger partial charge in [-0.25, -0.2) is 4.79 Å². The van der Waals surface area contributed by atoms with Gasteiger partial charge < -0.3 is 24.1 Å². The highest BCUT2D eigenvalue weighted by molar-refractivity contribution is 5.97. The molecule has 162 valence electrons. The summed E-state index contributed by atoms with van der Waals surface area (Å²) in [5.41, 5.74) is 2.27. The van der Waals surface area contributed by atoms with Crippen LogP contribution in [-0.2, 0) is 16.1 Å². The average Bonchev–Trinajstić information content (AvgIpc) is 3.09. The third-order valence-corrected chi connectivity index (χ3v) is 4.46. The molecule has 3 rings (SSSR count). The van der Waals surface area contributed by atoms with Gasteiger partial charge in [0.05, 0.1) is 23.6 Å². The predicted molar refractivity (Wildman–Crippen MR) is 113 cm³/mol. The van der Waals surface area contributed by atoms with Crippen molar-refractivity contribution in [2.24, 2.45) is 0 Å². The van der Waals surface area contributed by atoms with Crippen LogP contribution in [0.1, 0.15) is 34.3 Å². The van der Waals surface area contributed by atoms with E-state index >= 15 is 0 Å². The summed E-state index contributed by atoms with van der Waals surface area (Å²) in [6.07, 6.45) is 0. The third-order valence-electron chi connectivity index (χ3n) is 4.46. The summed E-state index contributed by atoms with van der Waals surface area (Å²) in [7, 11) is 0. The molecule has 0 spiro atoms. The van der Waals surface area contributed by atoms with E-state index in [1.807, 2.05) is 13.8 Å². The highest BCUT2D eigenvalue weighted by Gasteiger charge is 2.17.